The molecule has 0 saturated carbocycles. The van der Waals surface area contributed by atoms with Gasteiger partial charge in [0, 0.05) is 25.4 Å². The molecule has 0 radical (unpaired) electrons. The largest absolute Gasteiger partial charge is 0.467 e. The molecule has 132 valence electrons. The molecule has 0 aliphatic rings. The molecule has 0 aromatic carbocycles. The molecule has 4 rings (SSSR count). The predicted molar refractivity (Wildman–Crippen MR) is 96.7 cm³/mol. The molecule has 4 aromatic heterocycles. The Hall–Kier alpha value is -3.35. The average molecular weight is 350 g/mol. The molecule has 7 nitrogen and oxygen atoms in total. The van der Waals surface area contributed by atoms with E-state index in [1.54, 1.807) is 29.2 Å². The molecule has 4 aromatic rings. The molecule has 0 aliphatic heterocycles. The Balaban J connectivity index is 1.49. The van der Waals surface area contributed by atoms with Crippen molar-refractivity contribution in [3.05, 3.63) is 71.2 Å². The first-order valence-corrected chi connectivity index (χ1v) is 8.48. The van der Waals surface area contributed by atoms with Gasteiger partial charge in [-0.25, -0.2) is 4.98 Å². The molecule has 7 heteroatoms. The SMILES string of the molecule is O=C(CCCn1c(=O)c2cccn2c2cccnc21)NCc1ccco1. The number of nitrogens with zero attached hydrogens (tertiary/aromatic N) is 3. The summed E-state index contributed by atoms with van der Waals surface area (Å²) in [5.41, 5.74) is 2.00. The molecule has 0 fully saturated rings. The summed E-state index contributed by atoms with van der Waals surface area (Å²) in [7, 11) is 0. The summed E-state index contributed by atoms with van der Waals surface area (Å²) in [5, 5.41) is 2.81. The lowest BCUT2D eigenvalue weighted by molar-refractivity contribution is -0.121. The second kappa shape index (κ2) is 6.87. The fourth-order valence-corrected chi connectivity index (χ4v) is 3.08. The van der Waals surface area contributed by atoms with Crippen LogP contribution in [0.4, 0.5) is 0 Å². The van der Waals surface area contributed by atoms with Crippen LogP contribution in [-0.2, 0) is 17.9 Å². The zero-order valence-corrected chi connectivity index (χ0v) is 14.1. The van der Waals surface area contributed by atoms with Crippen molar-refractivity contribution < 1.29 is 9.21 Å². The highest BCUT2D eigenvalue weighted by Crippen LogP contribution is 2.13. The van der Waals surface area contributed by atoms with Crippen LogP contribution >= 0.6 is 0 Å². The first-order chi connectivity index (χ1) is 12.7. The molecule has 0 atom stereocenters. The van der Waals surface area contributed by atoms with E-state index in [4.69, 9.17) is 4.42 Å². The highest BCUT2D eigenvalue weighted by molar-refractivity contribution is 5.76. The topological polar surface area (TPSA) is 81.5 Å². The maximum atomic E-state index is 12.7. The monoisotopic (exact) mass is 350 g/mol. The van der Waals surface area contributed by atoms with Gasteiger partial charge in [-0.3, -0.25) is 14.2 Å². The van der Waals surface area contributed by atoms with Gasteiger partial charge in [-0.1, -0.05) is 0 Å². The lowest BCUT2D eigenvalue weighted by Gasteiger charge is -2.11. The van der Waals surface area contributed by atoms with Crippen molar-refractivity contribution in [2.45, 2.75) is 25.9 Å². The molecule has 0 aliphatic carbocycles. The van der Waals surface area contributed by atoms with Crippen LogP contribution in [0.3, 0.4) is 0 Å². The van der Waals surface area contributed by atoms with E-state index in [-0.39, 0.29) is 11.5 Å². The smallest absolute Gasteiger partial charge is 0.276 e. The van der Waals surface area contributed by atoms with Crippen LogP contribution in [0.2, 0.25) is 0 Å². The van der Waals surface area contributed by atoms with Crippen LogP contribution in [0.15, 0.2) is 64.3 Å². The summed E-state index contributed by atoms with van der Waals surface area (Å²) in [6.07, 6.45) is 5.97. The number of fused-ring (bicyclic) bond motifs is 3. The zero-order chi connectivity index (χ0) is 17.9. The Morgan fingerprint density at radius 1 is 1.15 bits per heavy atom. The molecule has 0 bridgehead atoms. The molecule has 26 heavy (non-hydrogen) atoms. The highest BCUT2D eigenvalue weighted by atomic mass is 16.3. The zero-order valence-electron chi connectivity index (χ0n) is 14.1. The van der Waals surface area contributed by atoms with Gasteiger partial charge in [-0.05, 0) is 42.8 Å². The van der Waals surface area contributed by atoms with Gasteiger partial charge in [0.1, 0.15) is 11.3 Å². The molecule has 0 spiro atoms. The average Bonchev–Trinajstić information content (AvgIpc) is 3.34. The third-order valence-electron chi connectivity index (χ3n) is 4.32. The molecule has 0 saturated heterocycles. The van der Waals surface area contributed by atoms with E-state index < -0.39 is 0 Å². The minimum atomic E-state index is -0.0998. The van der Waals surface area contributed by atoms with E-state index in [1.807, 2.05) is 34.9 Å². The number of pyridine rings is 1. The van der Waals surface area contributed by atoms with Crippen LogP contribution in [0.1, 0.15) is 18.6 Å². The predicted octanol–water partition coefficient (Wildman–Crippen LogP) is 2.34. The Labute approximate surface area is 148 Å². The maximum Gasteiger partial charge on any atom is 0.276 e. The van der Waals surface area contributed by atoms with Gasteiger partial charge in [0.15, 0.2) is 5.65 Å². The van der Waals surface area contributed by atoms with Crippen molar-refractivity contribution in [2.75, 3.05) is 0 Å². The summed E-state index contributed by atoms with van der Waals surface area (Å²) >= 11 is 0. The fourth-order valence-electron chi connectivity index (χ4n) is 3.08. The Morgan fingerprint density at radius 3 is 2.88 bits per heavy atom. The molecule has 1 N–H and O–H groups in total. The fraction of sp³-hybridized carbons (Fsp3) is 0.211. The standard InChI is InChI=1S/C19H18N4O3/c24-17(21-13-14-5-4-12-26-14)8-3-11-23-18-15(6-1-9-20-18)22-10-2-7-16(22)19(23)25/h1-2,4-7,9-10,12H,3,8,11,13H2,(H,21,24). The number of hydrogen-bond donors (Lipinski definition) is 1. The number of aryl methyl sites for hydroxylation is 1. The number of furan rings is 1. The van der Waals surface area contributed by atoms with Gasteiger partial charge in [-0.2, -0.15) is 0 Å². The lowest BCUT2D eigenvalue weighted by Crippen LogP contribution is -2.26. The summed E-state index contributed by atoms with van der Waals surface area (Å²) in [4.78, 5) is 29.1. The first-order valence-electron chi connectivity index (χ1n) is 8.48. The van der Waals surface area contributed by atoms with Crippen molar-refractivity contribution >= 4 is 22.6 Å². The minimum Gasteiger partial charge on any atom is -0.467 e. The van der Waals surface area contributed by atoms with Gasteiger partial charge in [-0.15, -0.1) is 0 Å². The highest BCUT2D eigenvalue weighted by Gasteiger charge is 2.11. The normalized spacial score (nSPS) is 11.2. The number of amides is 1. The molecular formula is C19H18N4O3. The number of hydrogen-bond acceptors (Lipinski definition) is 4. The van der Waals surface area contributed by atoms with Gasteiger partial charge in [0.2, 0.25) is 5.91 Å². The van der Waals surface area contributed by atoms with Gasteiger partial charge in [0.25, 0.3) is 5.56 Å². The Morgan fingerprint density at radius 2 is 2.04 bits per heavy atom. The number of carbonyl (C=O) groups is 1. The van der Waals surface area contributed by atoms with E-state index in [0.717, 1.165) is 5.52 Å². The van der Waals surface area contributed by atoms with E-state index in [0.29, 0.717) is 42.9 Å². The molecular weight excluding hydrogens is 332 g/mol. The van der Waals surface area contributed by atoms with Gasteiger partial charge < -0.3 is 14.1 Å². The Kier molecular flexibility index (Phi) is 4.27. The van der Waals surface area contributed by atoms with Gasteiger partial charge >= 0.3 is 0 Å². The first kappa shape index (κ1) is 16.1. The van der Waals surface area contributed by atoms with Crippen LogP contribution in [0.5, 0.6) is 0 Å². The third-order valence-corrected chi connectivity index (χ3v) is 4.32. The number of nitrogens with one attached hydrogen (secondary N) is 1. The molecule has 4 heterocycles. The number of aromatic nitrogens is 3. The molecule has 1 amide bonds. The van der Waals surface area contributed by atoms with Crippen LogP contribution in [0.25, 0.3) is 16.7 Å². The quantitative estimate of drug-likeness (QED) is 0.579. The van der Waals surface area contributed by atoms with Crippen molar-refractivity contribution in [3.63, 3.8) is 0 Å². The summed E-state index contributed by atoms with van der Waals surface area (Å²) in [6.45, 7) is 0.800. The van der Waals surface area contributed by atoms with Crippen LogP contribution in [-0.4, -0.2) is 19.9 Å². The molecule has 0 unspecified atom stereocenters. The maximum absolute atomic E-state index is 12.7. The summed E-state index contributed by atoms with van der Waals surface area (Å²) in [6, 6.07) is 11.0. The van der Waals surface area contributed by atoms with Crippen molar-refractivity contribution in [3.8, 4) is 0 Å². The van der Waals surface area contributed by atoms with Crippen molar-refractivity contribution in [1.29, 1.82) is 0 Å². The van der Waals surface area contributed by atoms with Crippen molar-refractivity contribution in [1.82, 2.24) is 19.3 Å². The summed E-state index contributed by atoms with van der Waals surface area (Å²) in [5.74, 6) is 0.638. The Bertz CT molecular complexity index is 1110. The van der Waals surface area contributed by atoms with Crippen LogP contribution in [0, 0.1) is 0 Å². The lowest BCUT2D eigenvalue weighted by atomic mass is 10.2. The van der Waals surface area contributed by atoms with Crippen LogP contribution < -0.4 is 10.9 Å². The third kappa shape index (κ3) is 2.99. The van der Waals surface area contributed by atoms with E-state index in [9.17, 15) is 9.59 Å². The second-order valence-corrected chi connectivity index (χ2v) is 6.03. The second-order valence-electron chi connectivity index (χ2n) is 6.03. The minimum absolute atomic E-state index is 0.0736. The van der Waals surface area contributed by atoms with E-state index in [2.05, 4.69) is 10.3 Å². The number of rotatable bonds is 6. The van der Waals surface area contributed by atoms with E-state index in [1.165, 1.54) is 0 Å². The van der Waals surface area contributed by atoms with Gasteiger partial charge in [0.05, 0.1) is 18.3 Å². The van der Waals surface area contributed by atoms with E-state index >= 15 is 0 Å². The van der Waals surface area contributed by atoms with Crippen molar-refractivity contribution in [2.24, 2.45) is 0 Å². The number of carbonyl (C=O) groups excluding carboxylic acids is 1. The summed E-state index contributed by atoms with van der Waals surface area (Å²) < 4.78 is 8.67.